The number of alkyl halides is 3. The zero-order valence-corrected chi connectivity index (χ0v) is 10.8. The Bertz CT molecular complexity index is 483. The maximum absolute atomic E-state index is 12.4. The average Bonchev–Trinajstić information content (AvgIpc) is 2.27. The van der Waals surface area contributed by atoms with E-state index in [0.717, 1.165) is 18.2 Å². The van der Waals surface area contributed by atoms with E-state index < -0.39 is 23.5 Å². The molecule has 18 heavy (non-hydrogen) atoms. The predicted molar refractivity (Wildman–Crippen MR) is 60.1 cm³/mol. The van der Waals surface area contributed by atoms with Crippen molar-refractivity contribution in [2.75, 3.05) is 6.61 Å². The molecule has 0 saturated heterocycles. The molecular formula is C11H8BrF3O3. The minimum atomic E-state index is -4.51. The second-order valence-electron chi connectivity index (χ2n) is 3.24. The number of ether oxygens (including phenoxy) is 1. The van der Waals surface area contributed by atoms with E-state index in [-0.39, 0.29) is 16.6 Å². The van der Waals surface area contributed by atoms with Gasteiger partial charge in [-0.15, -0.1) is 0 Å². The van der Waals surface area contributed by atoms with E-state index in [0.29, 0.717) is 0 Å². The maximum atomic E-state index is 12.4. The van der Waals surface area contributed by atoms with Gasteiger partial charge in [0.05, 0.1) is 12.2 Å². The van der Waals surface area contributed by atoms with E-state index in [4.69, 9.17) is 0 Å². The Morgan fingerprint density at radius 2 is 1.94 bits per heavy atom. The van der Waals surface area contributed by atoms with Crippen LogP contribution in [0.4, 0.5) is 13.2 Å². The number of benzene rings is 1. The Balaban J connectivity index is 3.07. The summed E-state index contributed by atoms with van der Waals surface area (Å²) in [5, 5.41) is 0. The third-order valence-corrected chi connectivity index (χ3v) is 2.66. The van der Waals surface area contributed by atoms with Gasteiger partial charge >= 0.3 is 12.1 Å². The zero-order valence-electron chi connectivity index (χ0n) is 9.18. The number of esters is 1. The lowest BCUT2D eigenvalue weighted by Gasteiger charge is -2.09. The molecule has 3 nitrogen and oxygen atoms in total. The molecular weight excluding hydrogens is 317 g/mol. The van der Waals surface area contributed by atoms with Gasteiger partial charge in [0.15, 0.2) is 0 Å². The summed E-state index contributed by atoms with van der Waals surface area (Å²) in [5.74, 6) is -2.09. The second kappa shape index (κ2) is 5.51. The Hall–Kier alpha value is -1.37. The molecule has 0 amide bonds. The van der Waals surface area contributed by atoms with Crippen LogP contribution in [0.2, 0.25) is 0 Å². The lowest BCUT2D eigenvalue weighted by Crippen LogP contribution is -2.18. The molecule has 98 valence electrons. The standard InChI is InChI=1S/C11H8BrF3O3/c1-2-18-10(17)9(16)7-4-3-6(5-8(7)12)11(13,14)15/h3-5H,2H2,1H3. The van der Waals surface area contributed by atoms with Gasteiger partial charge in [0.2, 0.25) is 0 Å². The molecule has 0 fully saturated rings. The molecule has 0 bridgehead atoms. The summed E-state index contributed by atoms with van der Waals surface area (Å²) in [5.41, 5.74) is -1.07. The van der Waals surface area contributed by atoms with Crippen LogP contribution in [0.1, 0.15) is 22.8 Å². The quantitative estimate of drug-likeness (QED) is 0.487. The number of rotatable bonds is 3. The van der Waals surface area contributed by atoms with Crippen molar-refractivity contribution in [1.29, 1.82) is 0 Å². The molecule has 1 aromatic rings. The summed E-state index contributed by atoms with van der Waals surface area (Å²) < 4.78 is 41.5. The summed E-state index contributed by atoms with van der Waals surface area (Å²) in [6.07, 6.45) is -4.51. The van der Waals surface area contributed by atoms with Crippen LogP contribution in [0, 0.1) is 0 Å². The number of ketones is 1. The molecule has 0 N–H and O–H groups in total. The van der Waals surface area contributed by atoms with Gasteiger partial charge in [-0.3, -0.25) is 4.79 Å². The molecule has 0 aromatic heterocycles. The van der Waals surface area contributed by atoms with Crippen molar-refractivity contribution in [3.63, 3.8) is 0 Å². The summed E-state index contributed by atoms with van der Waals surface area (Å²) >= 11 is 2.83. The normalized spacial score (nSPS) is 11.2. The maximum Gasteiger partial charge on any atom is 0.416 e. The van der Waals surface area contributed by atoms with Gasteiger partial charge in [0.1, 0.15) is 0 Å². The monoisotopic (exact) mass is 324 g/mol. The van der Waals surface area contributed by atoms with Crippen molar-refractivity contribution in [3.8, 4) is 0 Å². The van der Waals surface area contributed by atoms with Crippen LogP contribution in [0.5, 0.6) is 0 Å². The van der Waals surface area contributed by atoms with E-state index in [1.807, 2.05) is 0 Å². The number of hydrogen-bond donors (Lipinski definition) is 0. The fraction of sp³-hybridized carbons (Fsp3) is 0.273. The Labute approximate surface area is 109 Å². The number of halogens is 4. The molecule has 0 heterocycles. The molecule has 0 spiro atoms. The first-order chi connectivity index (χ1) is 8.27. The van der Waals surface area contributed by atoms with E-state index in [1.165, 1.54) is 6.92 Å². The molecule has 0 radical (unpaired) electrons. The Morgan fingerprint density at radius 3 is 2.39 bits per heavy atom. The van der Waals surface area contributed by atoms with Gasteiger partial charge in [0.25, 0.3) is 5.78 Å². The van der Waals surface area contributed by atoms with Crippen LogP contribution in [0.3, 0.4) is 0 Å². The fourth-order valence-corrected chi connectivity index (χ4v) is 1.74. The van der Waals surface area contributed by atoms with Crippen LogP contribution in [-0.4, -0.2) is 18.4 Å². The smallest absolute Gasteiger partial charge is 0.416 e. The molecule has 0 atom stereocenters. The summed E-state index contributed by atoms with van der Waals surface area (Å²) in [4.78, 5) is 22.7. The van der Waals surface area contributed by atoms with Gasteiger partial charge < -0.3 is 4.74 Å². The number of carbonyl (C=O) groups excluding carboxylic acids is 2. The SMILES string of the molecule is CCOC(=O)C(=O)c1ccc(C(F)(F)F)cc1Br. The van der Waals surface area contributed by atoms with Gasteiger partial charge in [0, 0.05) is 10.0 Å². The first-order valence-corrected chi connectivity index (χ1v) is 5.65. The molecule has 0 aliphatic heterocycles. The Kier molecular flexibility index (Phi) is 4.50. The van der Waals surface area contributed by atoms with E-state index in [2.05, 4.69) is 20.7 Å². The summed E-state index contributed by atoms with van der Waals surface area (Å²) in [6.45, 7) is 1.54. The van der Waals surface area contributed by atoms with Crippen LogP contribution < -0.4 is 0 Å². The van der Waals surface area contributed by atoms with E-state index in [9.17, 15) is 22.8 Å². The molecule has 7 heteroatoms. The van der Waals surface area contributed by atoms with Gasteiger partial charge in [-0.25, -0.2) is 4.79 Å². The fourth-order valence-electron chi connectivity index (χ4n) is 1.18. The number of Topliss-reactive ketones (excluding diaryl/α,β-unsaturated/α-hetero) is 1. The minimum Gasteiger partial charge on any atom is -0.460 e. The highest BCUT2D eigenvalue weighted by molar-refractivity contribution is 9.10. The highest BCUT2D eigenvalue weighted by Gasteiger charge is 2.31. The third-order valence-electron chi connectivity index (χ3n) is 2.00. The van der Waals surface area contributed by atoms with E-state index >= 15 is 0 Å². The van der Waals surface area contributed by atoms with Crippen LogP contribution in [-0.2, 0) is 15.7 Å². The Morgan fingerprint density at radius 1 is 1.33 bits per heavy atom. The lowest BCUT2D eigenvalue weighted by molar-refractivity contribution is -0.138. The molecule has 1 aromatic carbocycles. The topological polar surface area (TPSA) is 43.4 Å². The molecule has 0 aliphatic rings. The van der Waals surface area contributed by atoms with Gasteiger partial charge in [-0.2, -0.15) is 13.2 Å². The molecule has 0 saturated carbocycles. The van der Waals surface area contributed by atoms with Crippen molar-refractivity contribution < 1.29 is 27.5 Å². The minimum absolute atomic E-state index is 0.0167. The van der Waals surface area contributed by atoms with Gasteiger partial charge in [-0.05, 0) is 25.1 Å². The number of carbonyl (C=O) groups is 2. The largest absolute Gasteiger partial charge is 0.460 e. The molecule has 0 aliphatic carbocycles. The third kappa shape index (κ3) is 3.32. The summed E-state index contributed by atoms with van der Waals surface area (Å²) in [7, 11) is 0. The van der Waals surface area contributed by atoms with Gasteiger partial charge in [-0.1, -0.05) is 15.9 Å². The highest BCUT2D eigenvalue weighted by atomic mass is 79.9. The van der Waals surface area contributed by atoms with Crippen molar-refractivity contribution in [1.82, 2.24) is 0 Å². The van der Waals surface area contributed by atoms with Crippen molar-refractivity contribution >= 4 is 27.7 Å². The summed E-state index contributed by atoms with van der Waals surface area (Å²) in [6, 6.07) is 2.41. The second-order valence-corrected chi connectivity index (χ2v) is 4.10. The first-order valence-electron chi connectivity index (χ1n) is 4.85. The van der Waals surface area contributed by atoms with Crippen molar-refractivity contribution in [3.05, 3.63) is 33.8 Å². The van der Waals surface area contributed by atoms with E-state index in [1.54, 1.807) is 0 Å². The van der Waals surface area contributed by atoms with Crippen LogP contribution in [0.15, 0.2) is 22.7 Å². The van der Waals surface area contributed by atoms with Crippen LogP contribution >= 0.6 is 15.9 Å². The molecule has 0 unspecified atom stereocenters. The number of hydrogen-bond acceptors (Lipinski definition) is 3. The first kappa shape index (κ1) is 14.7. The van der Waals surface area contributed by atoms with Crippen molar-refractivity contribution in [2.45, 2.75) is 13.1 Å². The highest BCUT2D eigenvalue weighted by Crippen LogP contribution is 2.32. The zero-order chi connectivity index (χ0) is 13.9. The molecule has 1 rings (SSSR count). The predicted octanol–water partition coefficient (Wildman–Crippen LogP) is 3.21. The van der Waals surface area contributed by atoms with Crippen LogP contribution in [0.25, 0.3) is 0 Å². The average molecular weight is 325 g/mol. The van der Waals surface area contributed by atoms with Crippen molar-refractivity contribution in [2.24, 2.45) is 0 Å². The lowest BCUT2D eigenvalue weighted by atomic mass is 10.1.